The fourth-order valence-corrected chi connectivity index (χ4v) is 4.10. The van der Waals surface area contributed by atoms with Gasteiger partial charge in [-0.2, -0.15) is 0 Å². The summed E-state index contributed by atoms with van der Waals surface area (Å²) in [6.07, 6.45) is 1.48. The number of morpholine rings is 1. The van der Waals surface area contributed by atoms with E-state index in [9.17, 15) is 4.79 Å². The Balaban J connectivity index is 1.55. The van der Waals surface area contributed by atoms with Gasteiger partial charge in [0.05, 0.1) is 19.8 Å². The average molecular weight is 434 g/mol. The zero-order chi connectivity index (χ0) is 22.5. The van der Waals surface area contributed by atoms with Crippen molar-refractivity contribution in [3.8, 4) is 0 Å². The molecule has 1 aliphatic heterocycles. The van der Waals surface area contributed by atoms with Crippen LogP contribution < -0.4 is 0 Å². The predicted molar refractivity (Wildman–Crippen MR) is 123 cm³/mol. The van der Waals surface area contributed by atoms with Gasteiger partial charge in [-0.1, -0.05) is 54.1 Å². The van der Waals surface area contributed by atoms with Crippen LogP contribution in [0.25, 0.3) is 0 Å². The fourth-order valence-electron chi connectivity index (χ4n) is 4.10. The van der Waals surface area contributed by atoms with Gasteiger partial charge in [-0.25, -0.2) is 4.98 Å². The van der Waals surface area contributed by atoms with Crippen molar-refractivity contribution in [2.45, 2.75) is 39.9 Å². The fraction of sp³-hybridized carbons (Fsp3) is 0.385. The standard InChI is InChI=1S/C26H31N3O3/c1-19-9-10-23(20(2)15-19)16-29(21(3)22-7-5-4-6-8-22)17-25-27-24(18-32-25)26(30)28-11-13-31-14-12-28/h4-10,15,18,21H,11-14,16-17H2,1-3H3. The van der Waals surface area contributed by atoms with Crippen LogP contribution in [0.3, 0.4) is 0 Å². The number of hydrogen-bond acceptors (Lipinski definition) is 5. The smallest absolute Gasteiger partial charge is 0.275 e. The van der Waals surface area contributed by atoms with Gasteiger partial charge in [0.25, 0.3) is 5.91 Å². The molecule has 0 aliphatic carbocycles. The van der Waals surface area contributed by atoms with Crippen LogP contribution in [-0.2, 0) is 17.8 Å². The van der Waals surface area contributed by atoms with Gasteiger partial charge in [0, 0.05) is 25.7 Å². The second-order valence-electron chi connectivity index (χ2n) is 8.45. The molecule has 1 atom stereocenters. The number of carbonyl (C=O) groups excluding carboxylic acids is 1. The van der Waals surface area contributed by atoms with Crippen LogP contribution >= 0.6 is 0 Å². The maximum atomic E-state index is 12.8. The summed E-state index contributed by atoms with van der Waals surface area (Å²) >= 11 is 0. The van der Waals surface area contributed by atoms with Crippen molar-refractivity contribution in [2.24, 2.45) is 0 Å². The van der Waals surface area contributed by atoms with Crippen LogP contribution in [0, 0.1) is 13.8 Å². The minimum Gasteiger partial charge on any atom is -0.447 e. The minimum absolute atomic E-state index is 0.0969. The number of rotatable bonds is 7. The number of aromatic nitrogens is 1. The summed E-state index contributed by atoms with van der Waals surface area (Å²) in [4.78, 5) is 21.4. The summed E-state index contributed by atoms with van der Waals surface area (Å²) in [6.45, 7) is 10.0. The number of oxazole rings is 1. The zero-order valence-corrected chi connectivity index (χ0v) is 19.1. The summed E-state index contributed by atoms with van der Waals surface area (Å²) in [5, 5.41) is 0. The highest BCUT2D eigenvalue weighted by molar-refractivity contribution is 5.92. The Hall–Kier alpha value is -2.96. The first-order valence-corrected chi connectivity index (χ1v) is 11.2. The minimum atomic E-state index is -0.0969. The maximum Gasteiger partial charge on any atom is 0.275 e. The van der Waals surface area contributed by atoms with Crippen molar-refractivity contribution in [3.63, 3.8) is 0 Å². The first-order valence-electron chi connectivity index (χ1n) is 11.2. The number of benzene rings is 2. The summed E-state index contributed by atoms with van der Waals surface area (Å²) in [5.74, 6) is 0.453. The first-order chi connectivity index (χ1) is 15.5. The molecule has 168 valence electrons. The lowest BCUT2D eigenvalue weighted by atomic mass is 10.0. The molecule has 6 nitrogen and oxygen atoms in total. The lowest BCUT2D eigenvalue weighted by Crippen LogP contribution is -2.40. The number of hydrogen-bond donors (Lipinski definition) is 0. The highest BCUT2D eigenvalue weighted by atomic mass is 16.5. The zero-order valence-electron chi connectivity index (χ0n) is 19.1. The van der Waals surface area contributed by atoms with Crippen molar-refractivity contribution < 1.29 is 13.9 Å². The largest absolute Gasteiger partial charge is 0.447 e. The second kappa shape index (κ2) is 10.1. The topological polar surface area (TPSA) is 58.8 Å². The molecule has 0 radical (unpaired) electrons. The van der Waals surface area contributed by atoms with Crippen LogP contribution in [0.2, 0.25) is 0 Å². The third kappa shape index (κ3) is 5.26. The molecule has 1 amide bonds. The molecule has 2 aromatic carbocycles. The molecule has 1 saturated heterocycles. The third-order valence-electron chi connectivity index (χ3n) is 6.11. The van der Waals surface area contributed by atoms with Crippen molar-refractivity contribution in [1.29, 1.82) is 0 Å². The lowest BCUT2D eigenvalue weighted by Gasteiger charge is -2.29. The number of carbonyl (C=O) groups is 1. The van der Waals surface area contributed by atoms with E-state index in [1.54, 1.807) is 4.90 Å². The van der Waals surface area contributed by atoms with Gasteiger partial charge in [-0.15, -0.1) is 0 Å². The molecule has 1 aromatic heterocycles. The molecule has 1 unspecified atom stereocenters. The number of ether oxygens (including phenoxy) is 1. The molecular weight excluding hydrogens is 402 g/mol. The SMILES string of the molecule is Cc1ccc(CN(Cc2nc(C(=O)N3CCOCC3)co2)C(C)c2ccccc2)c(C)c1. The van der Waals surface area contributed by atoms with Gasteiger partial charge in [-0.05, 0) is 37.5 Å². The summed E-state index contributed by atoms with van der Waals surface area (Å²) in [7, 11) is 0. The average Bonchev–Trinajstić information content (AvgIpc) is 3.29. The monoisotopic (exact) mass is 433 g/mol. The van der Waals surface area contributed by atoms with Crippen LogP contribution in [0.5, 0.6) is 0 Å². The molecule has 2 heterocycles. The van der Waals surface area contributed by atoms with Crippen molar-refractivity contribution >= 4 is 5.91 Å². The van der Waals surface area contributed by atoms with Crippen LogP contribution in [-0.4, -0.2) is 47.0 Å². The molecule has 0 spiro atoms. The molecular formula is C26H31N3O3. The van der Waals surface area contributed by atoms with Gasteiger partial charge >= 0.3 is 0 Å². The van der Waals surface area contributed by atoms with Gasteiger partial charge in [-0.3, -0.25) is 9.69 Å². The summed E-state index contributed by atoms with van der Waals surface area (Å²) in [6, 6.07) is 17.1. The predicted octanol–water partition coefficient (Wildman–Crippen LogP) is 4.53. The van der Waals surface area contributed by atoms with Gasteiger partial charge < -0.3 is 14.1 Å². The molecule has 1 aliphatic rings. The summed E-state index contributed by atoms with van der Waals surface area (Å²) < 4.78 is 11.1. The molecule has 1 fully saturated rings. The highest BCUT2D eigenvalue weighted by Gasteiger charge is 2.24. The van der Waals surface area contributed by atoms with E-state index in [0.29, 0.717) is 44.4 Å². The molecule has 6 heteroatoms. The Labute approximate surface area is 189 Å². The van der Waals surface area contributed by atoms with Crippen molar-refractivity contribution in [3.05, 3.63) is 88.6 Å². The molecule has 0 N–H and O–H groups in total. The Morgan fingerprint density at radius 1 is 1.09 bits per heavy atom. The van der Waals surface area contributed by atoms with Gasteiger partial charge in [0.1, 0.15) is 6.26 Å². The van der Waals surface area contributed by atoms with E-state index >= 15 is 0 Å². The van der Waals surface area contributed by atoms with Gasteiger partial charge in [0.15, 0.2) is 5.69 Å². The van der Waals surface area contributed by atoms with E-state index in [1.807, 2.05) is 6.07 Å². The van der Waals surface area contributed by atoms with Crippen LogP contribution in [0.4, 0.5) is 0 Å². The lowest BCUT2D eigenvalue weighted by molar-refractivity contribution is 0.0299. The second-order valence-corrected chi connectivity index (χ2v) is 8.45. The van der Waals surface area contributed by atoms with Gasteiger partial charge in [0.2, 0.25) is 5.89 Å². The van der Waals surface area contributed by atoms with E-state index in [4.69, 9.17) is 9.15 Å². The van der Waals surface area contributed by atoms with Crippen LogP contribution in [0.1, 0.15) is 51.6 Å². The molecule has 3 aromatic rings. The summed E-state index contributed by atoms with van der Waals surface area (Å²) in [5.41, 5.74) is 5.39. The van der Waals surface area contributed by atoms with E-state index in [2.05, 4.69) is 73.1 Å². The molecule has 32 heavy (non-hydrogen) atoms. The first kappa shape index (κ1) is 22.2. The molecule has 0 bridgehead atoms. The van der Waals surface area contributed by atoms with Crippen molar-refractivity contribution in [1.82, 2.24) is 14.8 Å². The van der Waals surface area contributed by atoms with Crippen molar-refractivity contribution in [2.75, 3.05) is 26.3 Å². The number of aryl methyl sites for hydroxylation is 2. The normalized spacial score (nSPS) is 15.2. The quantitative estimate of drug-likeness (QED) is 0.548. The Kier molecular flexibility index (Phi) is 7.02. The highest BCUT2D eigenvalue weighted by Crippen LogP contribution is 2.26. The third-order valence-corrected chi connectivity index (χ3v) is 6.11. The van der Waals surface area contributed by atoms with E-state index in [1.165, 1.54) is 28.5 Å². The Bertz CT molecular complexity index is 1040. The van der Waals surface area contributed by atoms with E-state index in [0.717, 1.165) is 6.54 Å². The molecule has 4 rings (SSSR count). The van der Waals surface area contributed by atoms with Crippen LogP contribution in [0.15, 0.2) is 59.2 Å². The Morgan fingerprint density at radius 3 is 2.56 bits per heavy atom. The number of amides is 1. The maximum absolute atomic E-state index is 12.8. The molecule has 0 saturated carbocycles. The van der Waals surface area contributed by atoms with E-state index in [-0.39, 0.29) is 11.9 Å². The van der Waals surface area contributed by atoms with E-state index < -0.39 is 0 Å². The number of nitrogens with zero attached hydrogens (tertiary/aromatic N) is 3. The Morgan fingerprint density at radius 2 is 1.84 bits per heavy atom.